The van der Waals surface area contributed by atoms with Crippen molar-refractivity contribution in [3.05, 3.63) is 70.8 Å². The number of nitrogens with one attached hydrogen (secondary N) is 3. The quantitative estimate of drug-likeness (QED) is 0.584. The predicted molar refractivity (Wildman–Crippen MR) is 93.0 cm³/mol. The van der Waals surface area contributed by atoms with Gasteiger partial charge in [-0.2, -0.15) is 0 Å². The lowest BCUT2D eigenvalue weighted by Crippen LogP contribution is -2.48. The highest BCUT2D eigenvalue weighted by Crippen LogP contribution is 2.06. The zero-order valence-electron chi connectivity index (χ0n) is 12.8. The molecule has 0 fully saturated rings. The topological polar surface area (TPSA) is 70.2 Å². The third kappa shape index (κ3) is 4.62. The van der Waals surface area contributed by atoms with Crippen LogP contribution in [-0.4, -0.2) is 16.9 Å². The maximum absolute atomic E-state index is 12.0. The van der Waals surface area contributed by atoms with Crippen molar-refractivity contribution < 1.29 is 9.59 Å². The summed E-state index contributed by atoms with van der Waals surface area (Å²) in [7, 11) is 0. The summed E-state index contributed by atoms with van der Waals surface area (Å²) in [5.74, 6) is -0.661. The second-order valence-electron chi connectivity index (χ2n) is 5.05. The number of hydrogen-bond donors (Lipinski definition) is 3. The molecule has 3 N–H and O–H groups in total. The largest absolute Gasteiger partial charge is 0.298 e. The van der Waals surface area contributed by atoms with Crippen LogP contribution in [0.25, 0.3) is 0 Å². The summed E-state index contributed by atoms with van der Waals surface area (Å²) in [5.41, 5.74) is 7.85. The van der Waals surface area contributed by atoms with E-state index in [1.807, 2.05) is 32.0 Å². The molecule has 0 aliphatic heterocycles. The molecule has 0 heterocycles. The van der Waals surface area contributed by atoms with Crippen molar-refractivity contribution in [2.24, 2.45) is 0 Å². The van der Waals surface area contributed by atoms with Crippen LogP contribution in [0.1, 0.15) is 31.8 Å². The average molecular weight is 327 g/mol. The molecule has 0 radical (unpaired) electrons. The van der Waals surface area contributed by atoms with Gasteiger partial charge < -0.3 is 0 Å². The summed E-state index contributed by atoms with van der Waals surface area (Å²) in [4.78, 5) is 24.0. The summed E-state index contributed by atoms with van der Waals surface area (Å²) >= 11 is 5.01. The molecule has 0 bridgehead atoms. The van der Waals surface area contributed by atoms with Crippen LogP contribution in [0.4, 0.5) is 0 Å². The molecule has 2 aromatic rings. The van der Waals surface area contributed by atoms with Gasteiger partial charge in [-0.15, -0.1) is 0 Å². The van der Waals surface area contributed by atoms with Gasteiger partial charge in [0.1, 0.15) is 0 Å². The van der Waals surface area contributed by atoms with Crippen LogP contribution in [-0.2, 0) is 0 Å². The number of carbonyl (C=O) groups excluding carboxylic acids is 2. The maximum Gasteiger partial charge on any atom is 0.269 e. The molecule has 0 saturated carbocycles. The molecule has 0 aliphatic rings. The van der Waals surface area contributed by atoms with E-state index in [1.54, 1.807) is 30.3 Å². The van der Waals surface area contributed by atoms with E-state index in [0.29, 0.717) is 11.1 Å². The lowest BCUT2D eigenvalue weighted by Gasteiger charge is -2.12. The minimum Gasteiger partial charge on any atom is -0.298 e. The van der Waals surface area contributed by atoms with Gasteiger partial charge in [0.25, 0.3) is 11.8 Å². The van der Waals surface area contributed by atoms with Gasteiger partial charge in [-0.1, -0.05) is 35.9 Å². The van der Waals surface area contributed by atoms with Crippen LogP contribution in [0.15, 0.2) is 48.5 Å². The van der Waals surface area contributed by atoms with Gasteiger partial charge in [-0.3, -0.25) is 25.8 Å². The lowest BCUT2D eigenvalue weighted by molar-refractivity contribution is 0.0934. The molecule has 0 aromatic heterocycles. The van der Waals surface area contributed by atoms with Gasteiger partial charge in [-0.25, -0.2) is 0 Å². The first kappa shape index (κ1) is 16.6. The average Bonchev–Trinajstić information content (AvgIpc) is 2.53. The number of hydrazine groups is 1. The van der Waals surface area contributed by atoms with E-state index in [-0.39, 0.29) is 16.9 Å². The van der Waals surface area contributed by atoms with Crippen LogP contribution in [0.3, 0.4) is 0 Å². The molecular formula is C17H17N3O2S. The standard InChI is InChI=1S/C17H17N3O2S/c1-11-6-5-8-13(10-11)15(21)18-17(23)20-19-16(22)14-9-4-3-7-12(14)2/h3-10H,1-2H3,(H,19,22)(H2,18,20,21,23). The Morgan fingerprint density at radius 2 is 1.65 bits per heavy atom. The number of thiocarbonyl (C=S) groups is 1. The second kappa shape index (κ2) is 7.51. The number of benzene rings is 2. The molecule has 2 rings (SSSR count). The fourth-order valence-electron chi connectivity index (χ4n) is 2.00. The highest BCUT2D eigenvalue weighted by molar-refractivity contribution is 7.80. The molecule has 0 spiro atoms. The van der Waals surface area contributed by atoms with Gasteiger partial charge in [0.05, 0.1) is 0 Å². The molecule has 0 saturated heterocycles. The smallest absolute Gasteiger partial charge is 0.269 e. The first-order valence-electron chi connectivity index (χ1n) is 7.01. The number of amides is 2. The Hall–Kier alpha value is -2.73. The van der Waals surface area contributed by atoms with E-state index >= 15 is 0 Å². The molecule has 0 aliphatic carbocycles. The minimum atomic E-state index is -0.337. The van der Waals surface area contributed by atoms with Crippen LogP contribution in [0, 0.1) is 13.8 Å². The van der Waals surface area contributed by atoms with E-state index in [2.05, 4.69) is 16.2 Å². The highest BCUT2D eigenvalue weighted by atomic mass is 32.1. The summed E-state index contributed by atoms with van der Waals surface area (Å²) < 4.78 is 0. The SMILES string of the molecule is Cc1cccc(C(=O)NC(=S)NNC(=O)c2ccccc2C)c1. The van der Waals surface area contributed by atoms with Crippen molar-refractivity contribution in [2.75, 3.05) is 0 Å². The number of hydrogen-bond acceptors (Lipinski definition) is 3. The highest BCUT2D eigenvalue weighted by Gasteiger charge is 2.10. The summed E-state index contributed by atoms with van der Waals surface area (Å²) in [6.45, 7) is 3.74. The van der Waals surface area contributed by atoms with Crippen molar-refractivity contribution in [3.63, 3.8) is 0 Å². The van der Waals surface area contributed by atoms with Crippen molar-refractivity contribution in [3.8, 4) is 0 Å². The Balaban J connectivity index is 1.89. The van der Waals surface area contributed by atoms with E-state index in [4.69, 9.17) is 12.2 Å². The van der Waals surface area contributed by atoms with E-state index in [0.717, 1.165) is 11.1 Å². The molecule has 6 heteroatoms. The van der Waals surface area contributed by atoms with Gasteiger partial charge in [0.2, 0.25) is 0 Å². The molecule has 118 valence electrons. The molecule has 0 unspecified atom stereocenters. The Bertz CT molecular complexity index is 759. The third-order valence-electron chi connectivity index (χ3n) is 3.19. The number of rotatable bonds is 2. The fraction of sp³-hybridized carbons (Fsp3) is 0.118. The Morgan fingerprint density at radius 1 is 0.913 bits per heavy atom. The van der Waals surface area contributed by atoms with Crippen molar-refractivity contribution in [1.82, 2.24) is 16.2 Å². The Kier molecular flexibility index (Phi) is 5.43. The molecule has 2 amide bonds. The van der Waals surface area contributed by atoms with Crippen LogP contribution >= 0.6 is 12.2 Å². The fourth-order valence-corrected chi connectivity index (χ4v) is 2.15. The van der Waals surface area contributed by atoms with Crippen LogP contribution in [0.5, 0.6) is 0 Å². The van der Waals surface area contributed by atoms with E-state index in [1.165, 1.54) is 0 Å². The van der Waals surface area contributed by atoms with Crippen molar-refractivity contribution in [2.45, 2.75) is 13.8 Å². The maximum atomic E-state index is 12.0. The third-order valence-corrected chi connectivity index (χ3v) is 3.39. The van der Waals surface area contributed by atoms with Gasteiger partial charge in [0, 0.05) is 11.1 Å². The van der Waals surface area contributed by atoms with Gasteiger partial charge >= 0.3 is 0 Å². The summed E-state index contributed by atoms with van der Waals surface area (Å²) in [6, 6.07) is 14.3. The van der Waals surface area contributed by atoms with Crippen LogP contribution < -0.4 is 16.2 Å². The molecule has 23 heavy (non-hydrogen) atoms. The second-order valence-corrected chi connectivity index (χ2v) is 5.46. The molecule has 0 atom stereocenters. The summed E-state index contributed by atoms with van der Waals surface area (Å²) in [6.07, 6.45) is 0. The number of carbonyl (C=O) groups is 2. The normalized spacial score (nSPS) is 9.83. The van der Waals surface area contributed by atoms with Crippen molar-refractivity contribution >= 4 is 29.1 Å². The first-order chi connectivity index (χ1) is 11.0. The summed E-state index contributed by atoms with van der Waals surface area (Å²) in [5, 5.41) is 2.54. The minimum absolute atomic E-state index is 0.0263. The van der Waals surface area contributed by atoms with Crippen LogP contribution in [0.2, 0.25) is 0 Å². The van der Waals surface area contributed by atoms with Gasteiger partial charge in [-0.05, 0) is 49.8 Å². The zero-order valence-corrected chi connectivity index (χ0v) is 13.7. The van der Waals surface area contributed by atoms with Crippen molar-refractivity contribution in [1.29, 1.82) is 0 Å². The monoisotopic (exact) mass is 327 g/mol. The molecule has 2 aromatic carbocycles. The molecule has 5 nitrogen and oxygen atoms in total. The predicted octanol–water partition coefficient (Wildman–Crippen LogP) is 2.25. The Morgan fingerprint density at radius 3 is 2.35 bits per heavy atom. The Labute approximate surface area is 140 Å². The lowest BCUT2D eigenvalue weighted by atomic mass is 10.1. The number of aryl methyl sites for hydroxylation is 2. The first-order valence-corrected chi connectivity index (χ1v) is 7.42. The van der Waals surface area contributed by atoms with Gasteiger partial charge in [0.15, 0.2) is 5.11 Å². The van der Waals surface area contributed by atoms with E-state index in [9.17, 15) is 9.59 Å². The molecular weight excluding hydrogens is 310 g/mol. The van der Waals surface area contributed by atoms with E-state index < -0.39 is 0 Å². The zero-order chi connectivity index (χ0) is 16.8.